The number of ether oxygens (including phenoxy) is 1. The zero-order chi connectivity index (χ0) is 21.9. The van der Waals surface area contributed by atoms with Gasteiger partial charge in [0.2, 0.25) is 5.91 Å². The van der Waals surface area contributed by atoms with Crippen LogP contribution in [0.15, 0.2) is 29.3 Å². The van der Waals surface area contributed by atoms with Crippen molar-refractivity contribution in [2.24, 2.45) is 10.9 Å². The zero-order valence-electron chi connectivity index (χ0n) is 18.8. The minimum atomic E-state index is -0.154. The molecule has 0 saturated carbocycles. The number of rotatable bonds is 9. The van der Waals surface area contributed by atoms with Crippen LogP contribution in [0.5, 0.6) is 0 Å². The van der Waals surface area contributed by atoms with Crippen molar-refractivity contribution in [2.45, 2.75) is 58.6 Å². The van der Waals surface area contributed by atoms with Gasteiger partial charge in [-0.3, -0.25) is 9.79 Å². The SMILES string of the molecule is CCNC(=NCC(OC)c1cccc(Cl)c1)NC1CCN(C(=O)C(CC)CC)CC1. The van der Waals surface area contributed by atoms with Gasteiger partial charge in [0.25, 0.3) is 0 Å². The number of methoxy groups -OCH3 is 1. The van der Waals surface area contributed by atoms with Crippen molar-refractivity contribution in [3.05, 3.63) is 34.9 Å². The highest BCUT2D eigenvalue weighted by molar-refractivity contribution is 6.30. The van der Waals surface area contributed by atoms with Crippen LogP contribution in [0.25, 0.3) is 0 Å². The summed E-state index contributed by atoms with van der Waals surface area (Å²) in [5.41, 5.74) is 1.01. The van der Waals surface area contributed by atoms with Crippen molar-refractivity contribution in [1.29, 1.82) is 0 Å². The fraction of sp³-hybridized carbons (Fsp3) is 0.652. The third kappa shape index (κ3) is 7.17. The number of benzene rings is 1. The normalized spacial score (nSPS) is 16.6. The number of hydrogen-bond acceptors (Lipinski definition) is 3. The predicted octanol–water partition coefficient (Wildman–Crippen LogP) is 4.01. The fourth-order valence-electron chi connectivity index (χ4n) is 3.85. The first-order valence-corrected chi connectivity index (χ1v) is 11.5. The lowest BCUT2D eigenvalue weighted by Gasteiger charge is -2.35. The van der Waals surface area contributed by atoms with Crippen LogP contribution in [0.1, 0.15) is 58.1 Å². The number of hydrogen-bond donors (Lipinski definition) is 2. The number of nitrogens with zero attached hydrogens (tertiary/aromatic N) is 2. The molecule has 1 atom stereocenters. The summed E-state index contributed by atoms with van der Waals surface area (Å²) in [6.07, 6.45) is 3.53. The van der Waals surface area contributed by atoms with E-state index in [1.54, 1.807) is 7.11 Å². The highest BCUT2D eigenvalue weighted by Gasteiger charge is 2.26. The maximum Gasteiger partial charge on any atom is 0.225 e. The van der Waals surface area contributed by atoms with E-state index in [2.05, 4.69) is 31.4 Å². The second kappa shape index (κ2) is 12.8. The summed E-state index contributed by atoms with van der Waals surface area (Å²) in [6, 6.07) is 8.00. The van der Waals surface area contributed by atoms with Crippen LogP contribution in [0.2, 0.25) is 5.02 Å². The van der Waals surface area contributed by atoms with Gasteiger partial charge in [-0.15, -0.1) is 0 Å². The van der Waals surface area contributed by atoms with Crippen molar-refractivity contribution in [1.82, 2.24) is 15.5 Å². The van der Waals surface area contributed by atoms with Crippen molar-refractivity contribution < 1.29 is 9.53 Å². The molecule has 1 heterocycles. The van der Waals surface area contributed by atoms with Crippen LogP contribution in [0.3, 0.4) is 0 Å². The molecule has 1 aromatic carbocycles. The molecule has 1 saturated heterocycles. The maximum absolute atomic E-state index is 12.6. The van der Waals surface area contributed by atoms with Gasteiger partial charge < -0.3 is 20.3 Å². The highest BCUT2D eigenvalue weighted by Crippen LogP contribution is 2.21. The summed E-state index contributed by atoms with van der Waals surface area (Å²) in [6.45, 7) is 9.13. The maximum atomic E-state index is 12.6. The van der Waals surface area contributed by atoms with E-state index in [0.29, 0.717) is 23.5 Å². The Kier molecular flexibility index (Phi) is 10.4. The monoisotopic (exact) mass is 436 g/mol. The Balaban J connectivity index is 1.93. The van der Waals surface area contributed by atoms with Gasteiger partial charge in [-0.05, 0) is 50.3 Å². The fourth-order valence-corrected chi connectivity index (χ4v) is 4.05. The zero-order valence-corrected chi connectivity index (χ0v) is 19.5. The van der Waals surface area contributed by atoms with Gasteiger partial charge in [0, 0.05) is 43.7 Å². The first-order chi connectivity index (χ1) is 14.5. The highest BCUT2D eigenvalue weighted by atomic mass is 35.5. The molecule has 2 N–H and O–H groups in total. The van der Waals surface area contributed by atoms with Crippen LogP contribution < -0.4 is 10.6 Å². The van der Waals surface area contributed by atoms with E-state index >= 15 is 0 Å². The lowest BCUT2D eigenvalue weighted by atomic mass is 9.98. The molecule has 7 heteroatoms. The third-order valence-electron chi connectivity index (χ3n) is 5.75. The molecule has 1 unspecified atom stereocenters. The average molecular weight is 437 g/mol. The Labute approximate surface area is 186 Å². The molecule has 6 nitrogen and oxygen atoms in total. The molecule has 0 aromatic heterocycles. The second-order valence-corrected chi connectivity index (χ2v) is 8.19. The molecule has 2 rings (SSSR count). The van der Waals surface area contributed by atoms with Crippen molar-refractivity contribution in [3.63, 3.8) is 0 Å². The molecule has 1 amide bonds. The molecular weight excluding hydrogens is 400 g/mol. The smallest absolute Gasteiger partial charge is 0.225 e. The van der Waals surface area contributed by atoms with Crippen LogP contribution in [-0.2, 0) is 9.53 Å². The number of guanidine groups is 1. The Bertz CT molecular complexity index is 686. The first kappa shape index (κ1) is 24.5. The molecule has 1 aliphatic rings. The van der Waals surface area contributed by atoms with Crippen LogP contribution in [0.4, 0.5) is 0 Å². The van der Waals surface area contributed by atoms with E-state index in [1.165, 1.54) is 0 Å². The minimum absolute atomic E-state index is 0.154. The minimum Gasteiger partial charge on any atom is -0.375 e. The average Bonchev–Trinajstić information content (AvgIpc) is 2.75. The van der Waals surface area contributed by atoms with E-state index < -0.39 is 0 Å². The van der Waals surface area contributed by atoms with Gasteiger partial charge in [-0.25, -0.2) is 0 Å². The van der Waals surface area contributed by atoms with Gasteiger partial charge in [-0.2, -0.15) is 0 Å². The van der Waals surface area contributed by atoms with Crippen LogP contribution >= 0.6 is 11.6 Å². The van der Waals surface area contributed by atoms with Crippen molar-refractivity contribution in [2.75, 3.05) is 33.3 Å². The van der Waals surface area contributed by atoms with Gasteiger partial charge in [0.05, 0.1) is 6.54 Å². The second-order valence-electron chi connectivity index (χ2n) is 7.76. The van der Waals surface area contributed by atoms with Gasteiger partial charge >= 0.3 is 0 Å². The molecule has 1 fully saturated rings. The number of carbonyl (C=O) groups is 1. The largest absolute Gasteiger partial charge is 0.375 e. The number of carbonyl (C=O) groups excluding carboxylic acids is 1. The standard InChI is InChI=1S/C23H37ClN4O2/c1-5-17(6-2)22(29)28-13-11-20(12-14-28)27-23(25-7-3)26-16-21(30-4)18-9-8-10-19(24)15-18/h8-10,15,17,20-21H,5-7,11-14,16H2,1-4H3,(H2,25,26,27). The summed E-state index contributed by atoms with van der Waals surface area (Å²) in [4.78, 5) is 19.4. The third-order valence-corrected chi connectivity index (χ3v) is 5.98. The summed E-state index contributed by atoms with van der Waals surface area (Å²) < 4.78 is 5.63. The van der Waals surface area contributed by atoms with E-state index in [-0.39, 0.29) is 12.0 Å². The van der Waals surface area contributed by atoms with Gasteiger partial charge in [-0.1, -0.05) is 37.6 Å². The van der Waals surface area contributed by atoms with Crippen molar-refractivity contribution >= 4 is 23.5 Å². The molecule has 1 aliphatic heterocycles. The van der Waals surface area contributed by atoms with Gasteiger partial charge in [0.15, 0.2) is 5.96 Å². The van der Waals surface area contributed by atoms with Crippen LogP contribution in [0, 0.1) is 5.92 Å². The Morgan fingerprint density at radius 3 is 2.53 bits per heavy atom. The predicted molar refractivity (Wildman–Crippen MR) is 124 cm³/mol. The molecule has 0 aliphatic carbocycles. The number of piperidine rings is 1. The van der Waals surface area contributed by atoms with E-state index in [0.717, 1.165) is 56.8 Å². The number of halogens is 1. The Hall–Kier alpha value is -1.79. The Morgan fingerprint density at radius 1 is 1.27 bits per heavy atom. The van der Waals surface area contributed by atoms with E-state index in [1.807, 2.05) is 29.2 Å². The topological polar surface area (TPSA) is 66.0 Å². The summed E-state index contributed by atoms with van der Waals surface area (Å²) in [5.74, 6) is 1.25. The number of amides is 1. The lowest BCUT2D eigenvalue weighted by molar-refractivity contribution is -0.136. The molecule has 1 aromatic rings. The molecule has 168 valence electrons. The molecule has 0 bridgehead atoms. The van der Waals surface area contributed by atoms with Crippen LogP contribution in [-0.4, -0.2) is 56.1 Å². The summed E-state index contributed by atoms with van der Waals surface area (Å²) in [7, 11) is 1.69. The molecule has 0 radical (unpaired) electrons. The molecule has 0 spiro atoms. The summed E-state index contributed by atoms with van der Waals surface area (Å²) >= 11 is 6.12. The van der Waals surface area contributed by atoms with E-state index in [4.69, 9.17) is 21.3 Å². The summed E-state index contributed by atoms with van der Waals surface area (Å²) in [5, 5.41) is 7.55. The number of nitrogens with one attached hydrogen (secondary N) is 2. The number of aliphatic imine (C=N–C) groups is 1. The quantitative estimate of drug-likeness (QED) is 0.453. The molecule has 30 heavy (non-hydrogen) atoms. The number of likely N-dealkylation sites (tertiary alicyclic amines) is 1. The van der Waals surface area contributed by atoms with Gasteiger partial charge in [0.1, 0.15) is 6.10 Å². The lowest BCUT2D eigenvalue weighted by Crippen LogP contribution is -2.50. The van der Waals surface area contributed by atoms with Crippen molar-refractivity contribution in [3.8, 4) is 0 Å². The first-order valence-electron chi connectivity index (χ1n) is 11.1. The Morgan fingerprint density at radius 2 is 1.97 bits per heavy atom. The van der Waals surface area contributed by atoms with E-state index in [9.17, 15) is 4.79 Å². The molecular formula is C23H37ClN4O2.